The van der Waals surface area contributed by atoms with Gasteiger partial charge in [0.2, 0.25) is 0 Å². The molecular formula is C6H13BF. The van der Waals surface area contributed by atoms with E-state index in [4.69, 9.17) is 0 Å². The zero-order chi connectivity index (χ0) is 6.62. The van der Waals surface area contributed by atoms with Crippen LogP contribution in [0.4, 0.5) is 4.39 Å². The van der Waals surface area contributed by atoms with Crippen LogP contribution in [0.25, 0.3) is 0 Å². The predicted molar refractivity (Wildman–Crippen MR) is 36.0 cm³/mol. The van der Waals surface area contributed by atoms with E-state index in [2.05, 4.69) is 0 Å². The van der Waals surface area contributed by atoms with Crippen molar-refractivity contribution >= 4 is 7.28 Å². The Labute approximate surface area is 51.7 Å². The van der Waals surface area contributed by atoms with Crippen LogP contribution in [-0.4, -0.2) is 12.8 Å². The third kappa shape index (κ3) is 5.99. The standard InChI is InChI=1S/C6H13BF/c1-4-5-7-6(2,3)8/h4-5H2,1-3H3. The van der Waals surface area contributed by atoms with Crippen molar-refractivity contribution in [1.82, 2.24) is 0 Å². The van der Waals surface area contributed by atoms with E-state index in [1.165, 1.54) is 0 Å². The number of hydrogen-bond acceptors (Lipinski definition) is 0. The topological polar surface area (TPSA) is 0 Å². The third-order valence-electron chi connectivity index (χ3n) is 0.918. The molecule has 8 heavy (non-hydrogen) atoms. The summed E-state index contributed by atoms with van der Waals surface area (Å²) < 4.78 is 12.5. The minimum Gasteiger partial charge on any atom is -0.255 e. The molecule has 0 saturated carbocycles. The van der Waals surface area contributed by atoms with Gasteiger partial charge in [-0.25, -0.2) is 0 Å². The first-order valence-corrected chi connectivity index (χ1v) is 3.09. The molecule has 0 nitrogen and oxygen atoms in total. The molecule has 0 atom stereocenters. The Hall–Kier alpha value is -0.00506. The van der Waals surface area contributed by atoms with Crippen LogP contribution in [0.2, 0.25) is 6.32 Å². The molecule has 0 aliphatic carbocycles. The van der Waals surface area contributed by atoms with E-state index < -0.39 is 5.57 Å². The SMILES string of the molecule is CCC[B]C(C)(C)F. The fraction of sp³-hybridized carbons (Fsp3) is 1.00. The van der Waals surface area contributed by atoms with Gasteiger partial charge >= 0.3 is 0 Å². The van der Waals surface area contributed by atoms with E-state index in [1.807, 2.05) is 6.92 Å². The highest BCUT2D eigenvalue weighted by molar-refractivity contribution is 6.39. The molecule has 2 heteroatoms. The van der Waals surface area contributed by atoms with Gasteiger partial charge in [-0.15, -0.1) is 0 Å². The molecule has 0 aromatic carbocycles. The fourth-order valence-electron chi connectivity index (χ4n) is 0.488. The van der Waals surface area contributed by atoms with Crippen LogP contribution in [0.5, 0.6) is 0 Å². The van der Waals surface area contributed by atoms with Crippen molar-refractivity contribution in [3.63, 3.8) is 0 Å². The summed E-state index contributed by atoms with van der Waals surface area (Å²) in [6.07, 6.45) is 1.91. The minimum absolute atomic E-state index is 0.878. The molecule has 0 rings (SSSR count). The molecule has 0 amide bonds. The second kappa shape index (κ2) is 3.11. The van der Waals surface area contributed by atoms with Gasteiger partial charge in [-0.2, -0.15) is 0 Å². The molecule has 0 aromatic rings. The first-order chi connectivity index (χ1) is 3.56. The number of alkyl halides is 1. The molecule has 0 N–H and O–H groups in total. The quantitative estimate of drug-likeness (QED) is 0.494. The van der Waals surface area contributed by atoms with Gasteiger partial charge in [0.15, 0.2) is 7.28 Å². The van der Waals surface area contributed by atoms with Crippen molar-refractivity contribution in [1.29, 1.82) is 0 Å². The first kappa shape index (κ1) is 7.99. The Balaban J connectivity index is 3.11. The second-order valence-electron chi connectivity index (χ2n) is 2.56. The molecule has 0 aliphatic rings. The lowest BCUT2D eigenvalue weighted by molar-refractivity contribution is 0.328. The summed E-state index contributed by atoms with van der Waals surface area (Å²) in [5.41, 5.74) is -1.07. The van der Waals surface area contributed by atoms with E-state index in [-0.39, 0.29) is 0 Å². The van der Waals surface area contributed by atoms with Gasteiger partial charge in [0.05, 0.1) is 5.57 Å². The van der Waals surface area contributed by atoms with Crippen LogP contribution >= 0.6 is 0 Å². The summed E-state index contributed by atoms with van der Waals surface area (Å²) in [4.78, 5) is 0. The van der Waals surface area contributed by atoms with Gasteiger partial charge in [-0.3, -0.25) is 4.39 Å². The van der Waals surface area contributed by atoms with Gasteiger partial charge in [-0.1, -0.05) is 19.7 Å². The minimum atomic E-state index is -1.07. The Kier molecular flexibility index (Phi) is 3.11. The van der Waals surface area contributed by atoms with Crippen molar-refractivity contribution in [2.24, 2.45) is 0 Å². The van der Waals surface area contributed by atoms with Crippen molar-refractivity contribution in [2.75, 3.05) is 0 Å². The zero-order valence-corrected chi connectivity index (χ0v) is 5.87. The highest BCUT2D eigenvalue weighted by Crippen LogP contribution is 2.08. The van der Waals surface area contributed by atoms with Gasteiger partial charge < -0.3 is 0 Å². The average molecular weight is 115 g/mol. The molecule has 47 valence electrons. The van der Waals surface area contributed by atoms with Crippen LogP contribution < -0.4 is 0 Å². The number of rotatable bonds is 3. The lowest BCUT2D eigenvalue weighted by atomic mass is 9.61. The van der Waals surface area contributed by atoms with E-state index in [9.17, 15) is 4.39 Å². The molecule has 0 fully saturated rings. The van der Waals surface area contributed by atoms with Crippen LogP contribution in [0, 0.1) is 0 Å². The monoisotopic (exact) mass is 115 g/mol. The molecule has 0 aromatic heterocycles. The van der Waals surface area contributed by atoms with Gasteiger partial charge in [0.1, 0.15) is 0 Å². The molecular weight excluding hydrogens is 102 g/mol. The predicted octanol–water partition coefficient (Wildman–Crippen LogP) is 2.22. The highest BCUT2D eigenvalue weighted by Gasteiger charge is 2.14. The Morgan fingerprint density at radius 3 is 2.12 bits per heavy atom. The van der Waals surface area contributed by atoms with Gasteiger partial charge in [-0.05, 0) is 13.8 Å². The largest absolute Gasteiger partial charge is 0.255 e. The van der Waals surface area contributed by atoms with Gasteiger partial charge in [0, 0.05) is 0 Å². The molecule has 0 aliphatic heterocycles. The summed E-state index contributed by atoms with van der Waals surface area (Å²) in [6.45, 7) is 5.19. The first-order valence-electron chi connectivity index (χ1n) is 3.09. The molecule has 0 bridgehead atoms. The summed E-state index contributed by atoms with van der Waals surface area (Å²) in [5.74, 6) is 0. The van der Waals surface area contributed by atoms with Crippen LogP contribution in [0.3, 0.4) is 0 Å². The van der Waals surface area contributed by atoms with E-state index in [1.54, 1.807) is 21.1 Å². The summed E-state index contributed by atoms with van der Waals surface area (Å²) in [7, 11) is 1.70. The molecule has 0 heterocycles. The fourth-order valence-corrected chi connectivity index (χ4v) is 0.488. The normalized spacial score (nSPS) is 11.5. The lowest BCUT2D eigenvalue weighted by Gasteiger charge is -2.10. The summed E-state index contributed by atoms with van der Waals surface area (Å²) >= 11 is 0. The Morgan fingerprint density at radius 2 is 2.00 bits per heavy atom. The van der Waals surface area contributed by atoms with Gasteiger partial charge in [0.25, 0.3) is 0 Å². The molecule has 0 saturated heterocycles. The summed E-state index contributed by atoms with van der Waals surface area (Å²) in [6, 6.07) is 0. The maximum absolute atomic E-state index is 12.5. The van der Waals surface area contributed by atoms with E-state index in [0.717, 1.165) is 12.7 Å². The number of hydrogen-bond donors (Lipinski definition) is 0. The highest BCUT2D eigenvalue weighted by atomic mass is 19.1. The maximum atomic E-state index is 12.5. The smallest absolute Gasteiger partial charge is 0.160 e. The van der Waals surface area contributed by atoms with E-state index in [0.29, 0.717) is 0 Å². The van der Waals surface area contributed by atoms with E-state index >= 15 is 0 Å². The average Bonchev–Trinajstić information content (AvgIpc) is 1.59. The third-order valence-corrected chi connectivity index (χ3v) is 0.918. The van der Waals surface area contributed by atoms with Crippen molar-refractivity contribution < 1.29 is 4.39 Å². The second-order valence-corrected chi connectivity index (χ2v) is 2.56. The Bertz CT molecular complexity index is 56.0. The lowest BCUT2D eigenvalue weighted by Crippen LogP contribution is -2.20. The van der Waals surface area contributed by atoms with Crippen molar-refractivity contribution in [2.45, 2.75) is 39.1 Å². The summed E-state index contributed by atoms with van der Waals surface area (Å²) in [5, 5.41) is 0. The maximum Gasteiger partial charge on any atom is 0.160 e. The Morgan fingerprint density at radius 1 is 1.50 bits per heavy atom. The van der Waals surface area contributed by atoms with Crippen molar-refractivity contribution in [3.8, 4) is 0 Å². The molecule has 1 radical (unpaired) electrons. The van der Waals surface area contributed by atoms with Crippen LogP contribution in [0.1, 0.15) is 27.2 Å². The van der Waals surface area contributed by atoms with Crippen LogP contribution in [-0.2, 0) is 0 Å². The molecule has 0 unspecified atom stereocenters. The van der Waals surface area contributed by atoms with Crippen molar-refractivity contribution in [3.05, 3.63) is 0 Å². The zero-order valence-electron chi connectivity index (χ0n) is 5.87. The van der Waals surface area contributed by atoms with Crippen LogP contribution in [0.15, 0.2) is 0 Å². The molecule has 0 spiro atoms. The number of halogens is 1.